The zero-order valence-corrected chi connectivity index (χ0v) is 10.0. The highest BCUT2D eigenvalue weighted by atomic mass is 16.5. The van der Waals surface area contributed by atoms with E-state index < -0.39 is 23.9 Å². The van der Waals surface area contributed by atoms with Gasteiger partial charge in [-0.2, -0.15) is 0 Å². The maximum absolute atomic E-state index is 12.0. The topological polar surface area (TPSA) is 83.9 Å². The number of carboxylic acids is 1. The van der Waals surface area contributed by atoms with Crippen molar-refractivity contribution in [2.24, 2.45) is 5.92 Å². The Kier molecular flexibility index (Phi) is 4.48. The lowest BCUT2D eigenvalue weighted by Gasteiger charge is -2.24. The molecule has 1 rings (SSSR count). The normalized spacial score (nSPS) is 21.1. The molecule has 2 atom stereocenters. The molecule has 1 fully saturated rings. The largest absolute Gasteiger partial charge is 0.480 e. The maximum atomic E-state index is 12.0. The first-order chi connectivity index (χ1) is 7.97. The number of esters is 1. The number of carboxylic acid groups (broad SMARTS) is 1. The minimum atomic E-state index is -0.985. The lowest BCUT2D eigenvalue weighted by molar-refractivity contribution is -0.151. The third kappa shape index (κ3) is 3.18. The number of ether oxygens (including phenoxy) is 1. The Morgan fingerprint density at radius 2 is 2.12 bits per heavy atom. The van der Waals surface area contributed by atoms with Gasteiger partial charge in [-0.3, -0.25) is 9.59 Å². The highest BCUT2D eigenvalue weighted by Gasteiger charge is 2.36. The Morgan fingerprint density at radius 1 is 1.47 bits per heavy atom. The number of carbonyl (C=O) groups excluding carboxylic acids is 2. The highest BCUT2D eigenvalue weighted by Crippen LogP contribution is 2.21. The molecule has 0 aromatic rings. The number of amides is 1. The molecule has 0 aliphatic carbocycles. The fourth-order valence-corrected chi connectivity index (χ4v) is 1.99. The molecular weight excluding hydrogens is 226 g/mol. The molecule has 0 spiro atoms. The van der Waals surface area contributed by atoms with E-state index in [9.17, 15) is 14.4 Å². The average Bonchev–Trinajstić information content (AvgIpc) is 2.76. The number of hydrogen-bond acceptors (Lipinski definition) is 4. The van der Waals surface area contributed by atoms with Crippen molar-refractivity contribution in [2.75, 3.05) is 13.7 Å². The Hall–Kier alpha value is -1.59. The van der Waals surface area contributed by atoms with Gasteiger partial charge < -0.3 is 14.7 Å². The first-order valence-electron chi connectivity index (χ1n) is 5.57. The van der Waals surface area contributed by atoms with Crippen LogP contribution in [-0.2, 0) is 19.1 Å². The number of carbonyl (C=O) groups is 3. The summed E-state index contributed by atoms with van der Waals surface area (Å²) in [6, 6.07) is -0.748. The first kappa shape index (κ1) is 13.5. The van der Waals surface area contributed by atoms with E-state index in [2.05, 4.69) is 4.74 Å². The monoisotopic (exact) mass is 243 g/mol. The molecule has 1 unspecified atom stereocenters. The average molecular weight is 243 g/mol. The van der Waals surface area contributed by atoms with Gasteiger partial charge >= 0.3 is 11.9 Å². The Balaban J connectivity index is 2.62. The molecule has 1 aliphatic heterocycles. The molecule has 1 aliphatic rings. The van der Waals surface area contributed by atoms with Gasteiger partial charge in [0.05, 0.1) is 13.5 Å². The molecule has 6 nitrogen and oxygen atoms in total. The van der Waals surface area contributed by atoms with Crippen molar-refractivity contribution in [1.29, 1.82) is 0 Å². The van der Waals surface area contributed by atoms with Crippen LogP contribution in [0.1, 0.15) is 26.2 Å². The molecule has 0 saturated carbocycles. The highest BCUT2D eigenvalue weighted by molar-refractivity contribution is 5.87. The van der Waals surface area contributed by atoms with Crippen LogP contribution in [0.25, 0.3) is 0 Å². The Morgan fingerprint density at radius 3 is 2.65 bits per heavy atom. The van der Waals surface area contributed by atoms with E-state index in [1.54, 1.807) is 6.92 Å². The van der Waals surface area contributed by atoms with E-state index in [1.165, 1.54) is 12.0 Å². The van der Waals surface area contributed by atoms with Crippen LogP contribution in [0.4, 0.5) is 0 Å². The minimum absolute atomic E-state index is 0.0157. The number of likely N-dealkylation sites (tertiary alicyclic amines) is 1. The number of nitrogens with zero attached hydrogens (tertiary/aromatic N) is 1. The van der Waals surface area contributed by atoms with Gasteiger partial charge in [-0.05, 0) is 12.8 Å². The van der Waals surface area contributed by atoms with Gasteiger partial charge in [0.25, 0.3) is 0 Å². The van der Waals surface area contributed by atoms with E-state index in [4.69, 9.17) is 5.11 Å². The second-order valence-electron chi connectivity index (χ2n) is 4.21. The summed E-state index contributed by atoms with van der Waals surface area (Å²) in [5.74, 6) is -2.28. The van der Waals surface area contributed by atoms with Crippen LogP contribution >= 0.6 is 0 Å². The van der Waals surface area contributed by atoms with Crippen molar-refractivity contribution >= 4 is 17.8 Å². The molecule has 17 heavy (non-hydrogen) atoms. The molecule has 1 amide bonds. The standard InChI is InChI=1S/C11H17NO5/c1-7(6-9(13)17-2)10(14)12-5-3-4-8(12)11(15)16/h7-8H,3-6H2,1-2H3,(H,15,16)/t7?,8-/m0/s1. The molecule has 0 radical (unpaired) electrons. The van der Waals surface area contributed by atoms with Gasteiger partial charge in [0, 0.05) is 12.5 Å². The molecule has 0 aromatic carbocycles. The van der Waals surface area contributed by atoms with Crippen molar-refractivity contribution < 1.29 is 24.2 Å². The van der Waals surface area contributed by atoms with Gasteiger partial charge in [0.1, 0.15) is 6.04 Å². The van der Waals surface area contributed by atoms with E-state index in [1.807, 2.05) is 0 Å². The summed E-state index contributed by atoms with van der Waals surface area (Å²) in [6.07, 6.45) is 1.15. The SMILES string of the molecule is COC(=O)CC(C)C(=O)N1CCC[C@H]1C(=O)O. The fraction of sp³-hybridized carbons (Fsp3) is 0.727. The van der Waals surface area contributed by atoms with Crippen LogP contribution in [0.5, 0.6) is 0 Å². The molecule has 6 heteroatoms. The van der Waals surface area contributed by atoms with E-state index in [0.717, 1.165) is 0 Å². The summed E-state index contributed by atoms with van der Waals surface area (Å²) >= 11 is 0. The van der Waals surface area contributed by atoms with E-state index in [-0.39, 0.29) is 12.3 Å². The second-order valence-corrected chi connectivity index (χ2v) is 4.21. The van der Waals surface area contributed by atoms with Gasteiger partial charge in [-0.25, -0.2) is 4.79 Å². The zero-order chi connectivity index (χ0) is 13.0. The van der Waals surface area contributed by atoms with Crippen LogP contribution in [0.2, 0.25) is 0 Å². The van der Waals surface area contributed by atoms with Crippen molar-refractivity contribution in [2.45, 2.75) is 32.2 Å². The molecule has 1 heterocycles. The molecule has 0 bridgehead atoms. The third-order valence-electron chi connectivity index (χ3n) is 2.94. The van der Waals surface area contributed by atoms with Crippen LogP contribution in [0.15, 0.2) is 0 Å². The molecule has 96 valence electrons. The van der Waals surface area contributed by atoms with E-state index >= 15 is 0 Å². The Labute approximate surface area is 99.5 Å². The molecule has 1 saturated heterocycles. The Bertz CT molecular complexity index is 328. The summed E-state index contributed by atoms with van der Waals surface area (Å²) in [7, 11) is 1.26. The summed E-state index contributed by atoms with van der Waals surface area (Å²) in [5, 5.41) is 8.96. The third-order valence-corrected chi connectivity index (χ3v) is 2.94. The number of aliphatic carboxylic acids is 1. The van der Waals surface area contributed by atoms with Crippen LogP contribution in [-0.4, -0.2) is 47.5 Å². The summed E-state index contributed by atoms with van der Waals surface area (Å²) in [4.78, 5) is 35.3. The van der Waals surface area contributed by atoms with Crippen LogP contribution in [0.3, 0.4) is 0 Å². The quantitative estimate of drug-likeness (QED) is 0.716. The summed E-state index contributed by atoms with van der Waals surface area (Å²) in [5.41, 5.74) is 0. The van der Waals surface area contributed by atoms with Crippen molar-refractivity contribution in [3.63, 3.8) is 0 Å². The van der Waals surface area contributed by atoms with Crippen molar-refractivity contribution in [1.82, 2.24) is 4.90 Å². The number of hydrogen-bond donors (Lipinski definition) is 1. The maximum Gasteiger partial charge on any atom is 0.326 e. The minimum Gasteiger partial charge on any atom is -0.480 e. The molecule has 0 aromatic heterocycles. The second kappa shape index (κ2) is 5.65. The van der Waals surface area contributed by atoms with Gasteiger partial charge in [0.2, 0.25) is 5.91 Å². The molecular formula is C11H17NO5. The predicted octanol–water partition coefficient (Wildman–Crippen LogP) is 0.261. The summed E-state index contributed by atoms with van der Waals surface area (Å²) in [6.45, 7) is 2.05. The predicted molar refractivity (Wildman–Crippen MR) is 58.2 cm³/mol. The summed E-state index contributed by atoms with van der Waals surface area (Å²) < 4.78 is 4.48. The van der Waals surface area contributed by atoms with Crippen molar-refractivity contribution in [3.05, 3.63) is 0 Å². The van der Waals surface area contributed by atoms with Gasteiger partial charge in [0.15, 0.2) is 0 Å². The number of rotatable bonds is 4. The first-order valence-corrected chi connectivity index (χ1v) is 5.57. The number of methoxy groups -OCH3 is 1. The smallest absolute Gasteiger partial charge is 0.326 e. The van der Waals surface area contributed by atoms with Crippen molar-refractivity contribution in [3.8, 4) is 0 Å². The van der Waals surface area contributed by atoms with Gasteiger partial charge in [-0.1, -0.05) is 6.92 Å². The lowest BCUT2D eigenvalue weighted by Crippen LogP contribution is -2.43. The molecule has 1 N–H and O–H groups in total. The van der Waals surface area contributed by atoms with E-state index in [0.29, 0.717) is 19.4 Å². The fourth-order valence-electron chi connectivity index (χ4n) is 1.99. The zero-order valence-electron chi connectivity index (χ0n) is 10.0. The van der Waals surface area contributed by atoms with Crippen LogP contribution in [0, 0.1) is 5.92 Å². The van der Waals surface area contributed by atoms with Gasteiger partial charge in [-0.15, -0.1) is 0 Å². The van der Waals surface area contributed by atoms with Crippen LogP contribution < -0.4 is 0 Å². The lowest BCUT2D eigenvalue weighted by atomic mass is 10.1.